The zero-order chi connectivity index (χ0) is 98.6. The van der Waals surface area contributed by atoms with Crippen molar-refractivity contribution in [3.05, 3.63) is 130 Å². The number of benzene rings is 3. The molecule has 38 heteroatoms. The van der Waals surface area contributed by atoms with E-state index in [2.05, 4.69) is 37.2 Å². The first-order chi connectivity index (χ1) is 62.3. The van der Waals surface area contributed by atoms with Gasteiger partial charge in [0.1, 0.15) is 29.1 Å². The number of rotatable bonds is 67. The number of aliphatic hydroxyl groups excluding tert-OH is 4. The van der Waals surface area contributed by atoms with Gasteiger partial charge in [0, 0.05) is 94.5 Å². The van der Waals surface area contributed by atoms with Crippen molar-refractivity contribution in [2.45, 2.75) is 245 Å². The molecule has 0 fully saturated rings. The third-order valence-electron chi connectivity index (χ3n) is 22.7. The predicted octanol–water partition coefficient (Wildman–Crippen LogP) is 3.23. The first-order valence-electron chi connectivity index (χ1n) is 44.4. The SMILES string of the molecule is CC[C@H](C)[C@H](NC(=O)[C@H](CO)CC(=O)[C@H](Cc1ccc(O)cc1)NC(=O)[C@H](CC(=O)O)CC(=O)[C@H](CO)NC(=O)[C@@H](CC(=O)[C@H](Cc1ccccc1)NC(=O)[C@@H](CC(=O)CNC(=O)[C@H](CCC(=O)O)CC(=O)CSCC(=O)CCCn1cc(C)ccc1=O)[C@@H](C)O)[C@@H](C)O)C(=O)C[C@@H](Cc1ccc(O)cc1)C(=O)N[C@@H](CC(C)C)C(=O)C[C@@H](CC(=O)O)C(=O)N[C@H](C)CCCCN. The molecule has 37 nitrogen and oxygen atoms in total. The van der Waals surface area contributed by atoms with Crippen LogP contribution < -0.4 is 48.5 Å². The van der Waals surface area contributed by atoms with Gasteiger partial charge < -0.3 is 93.5 Å². The summed E-state index contributed by atoms with van der Waals surface area (Å²) in [6.45, 7) is 10.3. The number of nitrogens with one attached hydrogen (secondary N) is 7. The first-order valence-corrected chi connectivity index (χ1v) is 45.6. The Morgan fingerprint density at radius 3 is 1.44 bits per heavy atom. The van der Waals surface area contributed by atoms with Gasteiger partial charge in [-0.25, -0.2) is 0 Å². The second-order valence-corrected chi connectivity index (χ2v) is 35.5. The second-order valence-electron chi connectivity index (χ2n) is 34.5. The maximum absolute atomic E-state index is 14.9. The minimum absolute atomic E-state index is 0.0252. The normalized spacial score (nSPS) is 15.0. The Bertz CT molecular complexity index is 4620. The number of Topliss-reactive ketones (excluding diaryl/α,β-unsaturated/α-hetero) is 8. The number of ketones is 8. The Morgan fingerprint density at radius 1 is 0.432 bits per heavy atom. The summed E-state index contributed by atoms with van der Waals surface area (Å²) in [5.41, 5.74) is 7.41. The number of aliphatic hydroxyl groups is 4. The lowest BCUT2D eigenvalue weighted by molar-refractivity contribution is -0.143. The van der Waals surface area contributed by atoms with Crippen molar-refractivity contribution >= 4 is 117 Å². The number of hydrogen-bond donors (Lipinski definition) is 17. The number of carboxylic acid groups (broad SMARTS) is 3. The number of pyridine rings is 1. The zero-order valence-electron chi connectivity index (χ0n) is 76.1. The molecule has 0 saturated carbocycles. The van der Waals surface area contributed by atoms with E-state index in [1.54, 1.807) is 77.2 Å². The van der Waals surface area contributed by atoms with Gasteiger partial charge >= 0.3 is 17.9 Å². The number of nitrogens with two attached hydrogens (primary N) is 1. The number of hydrogen-bond acceptors (Lipinski definition) is 27. The molecule has 4 rings (SSSR count). The summed E-state index contributed by atoms with van der Waals surface area (Å²) >= 11 is 0.986. The van der Waals surface area contributed by atoms with E-state index in [1.165, 1.54) is 59.2 Å². The standard InChI is InChI=1S/C94H131N9O28S/c1-9-55(5)87(82(117)41-63(35-60-21-26-67(108)27-22-60)90(127)98-74(34-53(2)3)78(113)39-64(43-85(121)122)89(126)97-56(6)16-13-14-32-95)102-92(129)66(49-104)42-79(114)75(37-61-23-28-68(109)29-24-61)99-91(128)65(44-86(123)124)40-80(115)77(50-105)101-94(131)73(58(8)107)46-81(116)76(36-59-17-11-10-12-18-59)100-93(130)72(57(7)106)45-70(111)47-96-88(125)62(25-31-84(119)120)38-71(112)52-132-51-69(110)19-15-33-103-48-54(4)20-30-83(103)118/h10-12,17-18,20-24,26-30,48,53,55-58,62-66,72-77,87,104-109H,9,13-16,19,25,31-47,49-52,95H2,1-8H3,(H,96,125)(H,97,126)(H,98,127)(H,99,128)(H,100,130)(H,101,131)(H,102,129)(H,119,120)(H,121,122)(H,123,124)/t55-,56+,57+,58+,62+,63+,64-,65-,66-,72-,73-,74-,75-,76-,77-,87-/m0/s1. The van der Waals surface area contributed by atoms with Crippen molar-refractivity contribution in [3.8, 4) is 11.5 Å². The highest BCUT2D eigenvalue weighted by Gasteiger charge is 2.41. The van der Waals surface area contributed by atoms with E-state index in [-0.39, 0.29) is 90.4 Å². The van der Waals surface area contributed by atoms with E-state index in [0.29, 0.717) is 49.9 Å². The number of carboxylic acids is 3. The number of aromatic hydroxyl groups is 2. The molecule has 7 amide bonds. The number of carbonyl (C=O) groups is 18. The number of thioether (sulfide) groups is 1. The molecule has 132 heavy (non-hydrogen) atoms. The molecule has 1 aromatic heterocycles. The topological polar surface area (TPSA) is 622 Å². The van der Waals surface area contributed by atoms with E-state index in [0.717, 1.165) is 31.2 Å². The van der Waals surface area contributed by atoms with E-state index in [4.69, 9.17) is 5.73 Å². The maximum Gasteiger partial charge on any atom is 0.304 e. The molecular formula is C94H131N9O28S. The largest absolute Gasteiger partial charge is 0.508 e. The number of aryl methyl sites for hydroxylation is 2. The summed E-state index contributed by atoms with van der Waals surface area (Å²) in [5.74, 6) is -29.8. The Balaban J connectivity index is 1.53. The van der Waals surface area contributed by atoms with Crippen LogP contribution in [-0.2, 0) is 112 Å². The number of aromatic nitrogens is 1. The van der Waals surface area contributed by atoms with Crippen LogP contribution >= 0.6 is 11.8 Å². The molecule has 0 unspecified atom stereocenters. The monoisotopic (exact) mass is 1870 g/mol. The summed E-state index contributed by atoms with van der Waals surface area (Å²) in [7, 11) is 0. The van der Waals surface area contributed by atoms with Crippen LogP contribution in [0.5, 0.6) is 11.5 Å². The summed E-state index contributed by atoms with van der Waals surface area (Å²) in [6.07, 6.45) is -7.97. The van der Waals surface area contributed by atoms with Gasteiger partial charge in [0.05, 0.1) is 110 Å². The molecule has 0 aliphatic rings. The fraction of sp³-hybridized carbons (Fsp3) is 0.564. The molecule has 726 valence electrons. The number of nitrogens with zero attached hydrogens (tertiary/aromatic N) is 1. The van der Waals surface area contributed by atoms with E-state index >= 15 is 0 Å². The van der Waals surface area contributed by atoms with E-state index < -0.39 is 280 Å². The number of amides is 7. The predicted molar refractivity (Wildman–Crippen MR) is 484 cm³/mol. The summed E-state index contributed by atoms with van der Waals surface area (Å²) < 4.78 is 1.48. The molecule has 0 aliphatic carbocycles. The van der Waals surface area contributed by atoms with Crippen LogP contribution in [0.1, 0.15) is 186 Å². The highest BCUT2D eigenvalue weighted by atomic mass is 32.2. The second kappa shape index (κ2) is 58.3. The van der Waals surface area contributed by atoms with Crippen molar-refractivity contribution in [2.75, 3.05) is 37.8 Å². The smallest absolute Gasteiger partial charge is 0.304 e. The first kappa shape index (κ1) is 113. The Morgan fingerprint density at radius 2 is 0.909 bits per heavy atom. The van der Waals surface area contributed by atoms with Crippen molar-refractivity contribution in [3.63, 3.8) is 0 Å². The lowest BCUT2D eigenvalue weighted by Crippen LogP contribution is -2.52. The lowest BCUT2D eigenvalue weighted by atomic mass is 9.85. The lowest BCUT2D eigenvalue weighted by Gasteiger charge is -2.28. The van der Waals surface area contributed by atoms with E-state index in [9.17, 15) is 137 Å². The maximum atomic E-state index is 14.9. The van der Waals surface area contributed by atoms with Crippen LogP contribution in [0.2, 0.25) is 0 Å². The molecule has 0 spiro atoms. The molecule has 1 heterocycles. The van der Waals surface area contributed by atoms with Crippen LogP contribution in [0.15, 0.2) is 102 Å². The van der Waals surface area contributed by atoms with Gasteiger partial charge in [-0.3, -0.25) is 91.1 Å². The van der Waals surface area contributed by atoms with Crippen molar-refractivity contribution in [1.82, 2.24) is 41.8 Å². The van der Waals surface area contributed by atoms with Crippen LogP contribution in [0, 0.1) is 60.2 Å². The number of phenols is 2. The van der Waals surface area contributed by atoms with Crippen LogP contribution in [0.3, 0.4) is 0 Å². The quantitative estimate of drug-likeness (QED) is 0.0282. The number of unbranched alkanes of at least 4 members (excludes halogenated alkanes) is 1. The van der Waals surface area contributed by atoms with Crippen molar-refractivity contribution in [2.24, 2.45) is 59.0 Å². The molecular weight excluding hydrogens is 1740 g/mol. The minimum Gasteiger partial charge on any atom is -0.508 e. The average Bonchev–Trinajstić information content (AvgIpc) is 0.843. The van der Waals surface area contributed by atoms with Gasteiger partial charge in [-0.15, -0.1) is 11.8 Å². The molecule has 0 aliphatic heterocycles. The van der Waals surface area contributed by atoms with Gasteiger partial charge in [0.15, 0.2) is 34.7 Å². The molecule has 0 bridgehead atoms. The zero-order valence-corrected chi connectivity index (χ0v) is 76.9. The molecule has 0 saturated heterocycles. The minimum atomic E-state index is -1.99. The molecule has 18 N–H and O–H groups in total. The van der Waals surface area contributed by atoms with Crippen molar-refractivity contribution in [1.29, 1.82) is 0 Å². The average molecular weight is 1870 g/mol. The van der Waals surface area contributed by atoms with Crippen LogP contribution in [0.4, 0.5) is 0 Å². The summed E-state index contributed by atoms with van der Waals surface area (Å²) in [6, 6.07) is 13.5. The molecule has 0 radical (unpaired) electrons. The fourth-order valence-electron chi connectivity index (χ4n) is 14.8. The third kappa shape index (κ3) is 41.5. The van der Waals surface area contributed by atoms with Gasteiger partial charge in [-0.05, 0) is 144 Å². The Kier molecular flexibility index (Phi) is 49.8. The van der Waals surface area contributed by atoms with Crippen LogP contribution in [-0.4, -0.2) is 242 Å². The Labute approximate surface area is 770 Å². The number of phenolic OH excluding ortho intramolecular Hbond substituents is 2. The molecule has 16 atom stereocenters. The van der Waals surface area contributed by atoms with Crippen molar-refractivity contribution < 1.29 is 132 Å². The molecule has 3 aromatic carbocycles. The van der Waals surface area contributed by atoms with Gasteiger partial charge in [0.25, 0.3) is 5.56 Å². The third-order valence-corrected chi connectivity index (χ3v) is 23.7. The Hall–Kier alpha value is -11.6. The molecule has 4 aromatic rings. The fourth-order valence-corrected chi connectivity index (χ4v) is 15.6. The van der Waals surface area contributed by atoms with Gasteiger partial charge in [-0.2, -0.15) is 0 Å². The summed E-state index contributed by atoms with van der Waals surface area (Å²) in [4.78, 5) is 260. The number of aliphatic carboxylic acids is 3. The highest BCUT2D eigenvalue weighted by Crippen LogP contribution is 2.27. The van der Waals surface area contributed by atoms with Gasteiger partial charge in [-0.1, -0.05) is 101 Å². The van der Waals surface area contributed by atoms with Gasteiger partial charge in [0.2, 0.25) is 41.4 Å². The van der Waals surface area contributed by atoms with Crippen LogP contribution in [0.25, 0.3) is 0 Å². The summed E-state index contributed by atoms with van der Waals surface area (Å²) in [5, 5.41) is 111. The highest BCUT2D eigenvalue weighted by molar-refractivity contribution is 8.00. The van der Waals surface area contributed by atoms with E-state index in [1.807, 2.05) is 6.92 Å². The number of carbonyl (C=O) groups excluding carboxylic acids is 15.